The third kappa shape index (κ3) is 4.82. The molecule has 4 nitrogen and oxygen atoms in total. The molecule has 0 spiro atoms. The summed E-state index contributed by atoms with van der Waals surface area (Å²) in [6, 6.07) is 2.03. The fourth-order valence-electron chi connectivity index (χ4n) is 1.19. The Labute approximate surface area is 102 Å². The first-order valence-electron chi connectivity index (χ1n) is 5.21. The van der Waals surface area contributed by atoms with Crippen LogP contribution in [0, 0.1) is 16.7 Å². The smallest absolute Gasteiger partial charge is 0.229 e. The minimum atomic E-state index is -0.593. The van der Waals surface area contributed by atoms with Crippen molar-refractivity contribution < 1.29 is 9.53 Å². The first kappa shape index (κ1) is 15.2. The molecule has 1 amide bonds. The molecular weight excluding hydrogens is 228 g/mol. The van der Waals surface area contributed by atoms with E-state index in [-0.39, 0.29) is 11.8 Å². The van der Waals surface area contributed by atoms with E-state index in [4.69, 9.17) is 21.6 Å². The lowest BCUT2D eigenvalue weighted by Crippen LogP contribution is -2.43. The molecule has 0 aromatic heterocycles. The minimum Gasteiger partial charge on any atom is -0.383 e. The molecule has 0 N–H and O–H groups in total. The first-order valence-corrected chi connectivity index (χ1v) is 5.74. The Morgan fingerprint density at radius 2 is 2.12 bits per heavy atom. The standard InChI is InChI=1S/C11H19ClN2O2/c1-11(2,9-12)10(15)14(6-4-5-13)7-8-16-3/h4,6-9H2,1-3H3. The fraction of sp³-hybridized carbons (Fsp3) is 0.818. The average Bonchev–Trinajstić information content (AvgIpc) is 2.28. The third-order valence-electron chi connectivity index (χ3n) is 2.26. The Hall–Kier alpha value is -0.790. The van der Waals surface area contributed by atoms with Crippen molar-refractivity contribution in [2.45, 2.75) is 20.3 Å². The van der Waals surface area contributed by atoms with Crippen molar-refractivity contribution in [3.8, 4) is 6.07 Å². The number of amides is 1. The highest BCUT2D eigenvalue weighted by atomic mass is 35.5. The predicted octanol–water partition coefficient (Wildman–Crippen LogP) is 1.64. The SMILES string of the molecule is COCCN(CCC#N)C(=O)C(C)(C)CCl. The average molecular weight is 247 g/mol. The van der Waals surface area contributed by atoms with Crippen LogP contribution in [0.5, 0.6) is 0 Å². The van der Waals surface area contributed by atoms with Gasteiger partial charge in [-0.3, -0.25) is 4.79 Å². The van der Waals surface area contributed by atoms with Crippen molar-refractivity contribution in [1.29, 1.82) is 5.26 Å². The molecule has 0 aliphatic rings. The largest absolute Gasteiger partial charge is 0.383 e. The van der Waals surface area contributed by atoms with Crippen LogP contribution in [0.1, 0.15) is 20.3 Å². The molecule has 0 aliphatic heterocycles. The molecule has 0 atom stereocenters. The topological polar surface area (TPSA) is 53.3 Å². The van der Waals surface area contributed by atoms with Gasteiger partial charge in [0.25, 0.3) is 0 Å². The lowest BCUT2D eigenvalue weighted by atomic mass is 9.94. The monoisotopic (exact) mass is 246 g/mol. The Morgan fingerprint density at radius 1 is 1.50 bits per heavy atom. The molecule has 0 aliphatic carbocycles. The maximum Gasteiger partial charge on any atom is 0.229 e. The van der Waals surface area contributed by atoms with Crippen LogP contribution in [-0.2, 0) is 9.53 Å². The van der Waals surface area contributed by atoms with E-state index >= 15 is 0 Å². The van der Waals surface area contributed by atoms with E-state index in [0.29, 0.717) is 26.1 Å². The van der Waals surface area contributed by atoms with Crippen molar-refractivity contribution in [2.75, 3.05) is 32.7 Å². The van der Waals surface area contributed by atoms with E-state index < -0.39 is 5.41 Å². The third-order valence-corrected chi connectivity index (χ3v) is 2.93. The molecule has 0 aromatic carbocycles. The number of ether oxygens (including phenoxy) is 1. The summed E-state index contributed by atoms with van der Waals surface area (Å²) in [7, 11) is 1.58. The number of carbonyl (C=O) groups is 1. The van der Waals surface area contributed by atoms with Crippen LogP contribution in [0.2, 0.25) is 0 Å². The van der Waals surface area contributed by atoms with Crippen LogP contribution in [-0.4, -0.2) is 43.5 Å². The van der Waals surface area contributed by atoms with Crippen molar-refractivity contribution >= 4 is 17.5 Å². The molecule has 5 heteroatoms. The molecule has 16 heavy (non-hydrogen) atoms. The van der Waals surface area contributed by atoms with Gasteiger partial charge in [-0.2, -0.15) is 5.26 Å². The Morgan fingerprint density at radius 3 is 2.56 bits per heavy atom. The second kappa shape index (κ2) is 7.48. The summed E-state index contributed by atoms with van der Waals surface area (Å²) in [4.78, 5) is 13.7. The number of carbonyl (C=O) groups excluding carboxylic acids is 1. The van der Waals surface area contributed by atoms with Gasteiger partial charge in [0.1, 0.15) is 0 Å². The molecule has 0 aromatic rings. The zero-order chi connectivity index (χ0) is 12.6. The number of rotatable bonds is 7. The molecule has 0 unspecified atom stereocenters. The van der Waals surface area contributed by atoms with Crippen LogP contribution in [0.4, 0.5) is 0 Å². The van der Waals surface area contributed by atoms with Gasteiger partial charge in [-0.1, -0.05) is 0 Å². The van der Waals surface area contributed by atoms with Crippen LogP contribution >= 0.6 is 11.6 Å². The van der Waals surface area contributed by atoms with Crippen LogP contribution in [0.15, 0.2) is 0 Å². The van der Waals surface area contributed by atoms with E-state index in [9.17, 15) is 4.79 Å². The van der Waals surface area contributed by atoms with Gasteiger partial charge in [0.05, 0.1) is 24.5 Å². The summed E-state index contributed by atoms with van der Waals surface area (Å²) >= 11 is 5.76. The Kier molecular flexibility index (Phi) is 7.11. The maximum atomic E-state index is 12.1. The lowest BCUT2D eigenvalue weighted by molar-refractivity contribution is -0.139. The van der Waals surface area contributed by atoms with Gasteiger partial charge in [0.15, 0.2) is 0 Å². The van der Waals surface area contributed by atoms with E-state index in [0.717, 1.165) is 0 Å². The number of nitrogens with zero attached hydrogens (tertiary/aromatic N) is 2. The zero-order valence-electron chi connectivity index (χ0n) is 10.1. The second-order valence-electron chi connectivity index (χ2n) is 4.21. The van der Waals surface area contributed by atoms with E-state index in [1.807, 2.05) is 6.07 Å². The normalized spacial score (nSPS) is 10.9. The minimum absolute atomic E-state index is 0.0326. The van der Waals surface area contributed by atoms with Gasteiger partial charge >= 0.3 is 0 Å². The van der Waals surface area contributed by atoms with Gasteiger partial charge in [0.2, 0.25) is 5.91 Å². The maximum absolute atomic E-state index is 12.1. The molecule has 0 radical (unpaired) electrons. The highest BCUT2D eigenvalue weighted by Crippen LogP contribution is 2.20. The fourth-order valence-corrected chi connectivity index (χ4v) is 1.30. The highest BCUT2D eigenvalue weighted by Gasteiger charge is 2.30. The predicted molar refractivity (Wildman–Crippen MR) is 63.2 cm³/mol. The summed E-state index contributed by atoms with van der Waals surface area (Å²) in [6.07, 6.45) is 0.327. The molecule has 0 fully saturated rings. The van der Waals surface area contributed by atoms with E-state index in [1.165, 1.54) is 0 Å². The van der Waals surface area contributed by atoms with Gasteiger partial charge < -0.3 is 9.64 Å². The van der Waals surface area contributed by atoms with Gasteiger partial charge in [0, 0.05) is 26.1 Å². The number of hydrogen-bond donors (Lipinski definition) is 0. The van der Waals surface area contributed by atoms with Crippen LogP contribution < -0.4 is 0 Å². The number of methoxy groups -OCH3 is 1. The van der Waals surface area contributed by atoms with Crippen LogP contribution in [0.3, 0.4) is 0 Å². The molecule has 0 saturated heterocycles. The summed E-state index contributed by atoms with van der Waals surface area (Å²) in [5.41, 5.74) is -0.593. The van der Waals surface area contributed by atoms with Crippen molar-refractivity contribution in [3.05, 3.63) is 0 Å². The molecule has 0 heterocycles. The summed E-state index contributed by atoms with van der Waals surface area (Å²) in [5, 5.41) is 8.54. The van der Waals surface area contributed by atoms with Crippen LogP contribution in [0.25, 0.3) is 0 Å². The summed E-state index contributed by atoms with van der Waals surface area (Å²) < 4.78 is 4.94. The van der Waals surface area contributed by atoms with Crippen molar-refractivity contribution in [3.63, 3.8) is 0 Å². The quantitative estimate of drug-likeness (QED) is 0.642. The number of nitriles is 1. The summed E-state index contributed by atoms with van der Waals surface area (Å²) in [6.45, 7) is 4.99. The summed E-state index contributed by atoms with van der Waals surface area (Å²) in [5.74, 6) is 0.233. The molecule has 0 rings (SSSR count). The van der Waals surface area contributed by atoms with Crippen molar-refractivity contribution in [1.82, 2.24) is 4.90 Å². The van der Waals surface area contributed by atoms with Gasteiger partial charge in [-0.05, 0) is 13.8 Å². The van der Waals surface area contributed by atoms with E-state index in [2.05, 4.69) is 0 Å². The number of alkyl halides is 1. The molecular formula is C11H19ClN2O2. The molecule has 0 saturated carbocycles. The zero-order valence-corrected chi connectivity index (χ0v) is 10.9. The Bertz CT molecular complexity index is 261. The highest BCUT2D eigenvalue weighted by molar-refractivity contribution is 6.19. The van der Waals surface area contributed by atoms with Gasteiger partial charge in [-0.15, -0.1) is 11.6 Å². The number of halogens is 1. The lowest BCUT2D eigenvalue weighted by Gasteiger charge is -2.30. The first-order chi connectivity index (χ1) is 7.49. The van der Waals surface area contributed by atoms with E-state index in [1.54, 1.807) is 25.9 Å². The molecule has 92 valence electrons. The second-order valence-corrected chi connectivity index (χ2v) is 4.48. The van der Waals surface area contributed by atoms with Crippen molar-refractivity contribution in [2.24, 2.45) is 5.41 Å². The Balaban J connectivity index is 4.49. The molecule has 0 bridgehead atoms. The van der Waals surface area contributed by atoms with Gasteiger partial charge in [-0.25, -0.2) is 0 Å². The number of hydrogen-bond acceptors (Lipinski definition) is 3.